The number of hydrogen-bond acceptors (Lipinski definition) is 6. The van der Waals surface area contributed by atoms with E-state index in [9.17, 15) is 19.5 Å². The fourth-order valence-corrected chi connectivity index (χ4v) is 3.66. The molecule has 0 unspecified atom stereocenters. The molecule has 1 aromatic heterocycles. The molecule has 7 nitrogen and oxygen atoms in total. The van der Waals surface area contributed by atoms with Crippen LogP contribution >= 0.6 is 11.8 Å². The van der Waals surface area contributed by atoms with E-state index >= 15 is 0 Å². The van der Waals surface area contributed by atoms with Crippen LogP contribution in [0.4, 0.5) is 0 Å². The van der Waals surface area contributed by atoms with Crippen LogP contribution in [0.3, 0.4) is 0 Å². The molecule has 2 aromatic rings. The third-order valence-corrected chi connectivity index (χ3v) is 5.09. The van der Waals surface area contributed by atoms with Crippen molar-refractivity contribution in [2.24, 2.45) is 0 Å². The molecule has 0 radical (unpaired) electrons. The molecule has 1 aliphatic rings. The molecule has 0 bridgehead atoms. The number of nitrogens with zero attached hydrogens (tertiary/aromatic N) is 2. The van der Waals surface area contributed by atoms with Crippen molar-refractivity contribution in [3.63, 3.8) is 0 Å². The molecule has 136 valence electrons. The second kappa shape index (κ2) is 7.33. The van der Waals surface area contributed by atoms with Crippen molar-refractivity contribution in [3.05, 3.63) is 51.3 Å². The molecule has 3 rings (SSSR count). The van der Waals surface area contributed by atoms with E-state index in [2.05, 4.69) is 9.97 Å². The third kappa shape index (κ3) is 3.37. The van der Waals surface area contributed by atoms with Crippen LogP contribution in [0, 0.1) is 0 Å². The maximum atomic E-state index is 12.3. The lowest BCUT2D eigenvalue weighted by Gasteiger charge is -2.13. The van der Waals surface area contributed by atoms with Gasteiger partial charge in [0.2, 0.25) is 5.88 Å². The van der Waals surface area contributed by atoms with Gasteiger partial charge in [-0.25, -0.2) is 0 Å². The number of fused-ring (bicyclic) bond motifs is 1. The molecule has 0 aliphatic carbocycles. The van der Waals surface area contributed by atoms with Crippen LogP contribution in [-0.2, 0) is 0 Å². The average molecular weight is 373 g/mol. The Kier molecular flexibility index (Phi) is 5.13. The minimum atomic E-state index is -0.352. The Balaban J connectivity index is 1.58. The molecule has 0 fully saturated rings. The van der Waals surface area contributed by atoms with E-state index in [1.165, 1.54) is 16.7 Å². The molecule has 0 spiro atoms. The zero-order valence-corrected chi connectivity index (χ0v) is 15.3. The van der Waals surface area contributed by atoms with Crippen molar-refractivity contribution in [3.8, 4) is 5.88 Å². The minimum absolute atomic E-state index is 0.126. The van der Waals surface area contributed by atoms with Crippen molar-refractivity contribution in [1.29, 1.82) is 0 Å². The van der Waals surface area contributed by atoms with Crippen molar-refractivity contribution in [2.75, 3.05) is 12.3 Å². The lowest BCUT2D eigenvalue weighted by molar-refractivity contribution is 0.0655. The maximum absolute atomic E-state index is 12.3. The Morgan fingerprint density at radius 2 is 1.77 bits per heavy atom. The summed E-state index contributed by atoms with van der Waals surface area (Å²) in [5.41, 5.74) is 0.784. The van der Waals surface area contributed by atoms with Gasteiger partial charge in [0.05, 0.1) is 16.7 Å². The van der Waals surface area contributed by atoms with Crippen LogP contribution in [0.5, 0.6) is 5.88 Å². The number of thioether (sulfide) groups is 1. The fraction of sp³-hybridized carbons (Fsp3) is 0.333. The Morgan fingerprint density at radius 1 is 1.15 bits per heavy atom. The lowest BCUT2D eigenvalue weighted by Crippen LogP contribution is -2.31. The van der Waals surface area contributed by atoms with Crippen LogP contribution in [0.1, 0.15) is 52.5 Å². The standard InChI is InChI=1S/C18H19N3O4S/c1-10(2)13-14(22)19-18(20-15(13)23)26-9-5-8-21-16(24)11-6-3-4-7-12(11)17(21)25/h3-4,6-7,10H,5,8-9H2,1-2H3,(H2,19,20,22,23). The second-order valence-corrected chi connectivity index (χ2v) is 7.36. The highest BCUT2D eigenvalue weighted by molar-refractivity contribution is 7.99. The Labute approximate surface area is 154 Å². The van der Waals surface area contributed by atoms with Gasteiger partial charge in [-0.05, 0) is 24.5 Å². The number of nitrogens with one attached hydrogen (secondary N) is 1. The fourth-order valence-electron chi connectivity index (χ4n) is 2.87. The van der Waals surface area contributed by atoms with Crippen LogP contribution in [0.25, 0.3) is 0 Å². The molecule has 2 heterocycles. The molecule has 0 atom stereocenters. The Bertz CT molecular complexity index is 888. The minimum Gasteiger partial charge on any atom is -0.493 e. The lowest BCUT2D eigenvalue weighted by atomic mass is 10.1. The molecule has 0 saturated carbocycles. The summed E-state index contributed by atoms with van der Waals surface area (Å²) in [4.78, 5) is 44.4. The smallest absolute Gasteiger partial charge is 0.261 e. The molecular weight excluding hydrogens is 354 g/mol. The summed E-state index contributed by atoms with van der Waals surface area (Å²) in [7, 11) is 0. The monoisotopic (exact) mass is 373 g/mol. The highest BCUT2D eigenvalue weighted by Gasteiger charge is 2.34. The van der Waals surface area contributed by atoms with Crippen molar-refractivity contribution in [2.45, 2.75) is 31.3 Å². The second-order valence-electron chi connectivity index (χ2n) is 6.27. The van der Waals surface area contributed by atoms with Crippen LogP contribution < -0.4 is 5.56 Å². The number of aromatic amines is 1. The van der Waals surface area contributed by atoms with E-state index in [0.29, 0.717) is 35.0 Å². The van der Waals surface area contributed by atoms with E-state index in [0.717, 1.165) is 0 Å². The Hall–Kier alpha value is -2.61. The molecule has 1 aliphatic heterocycles. The summed E-state index contributed by atoms with van der Waals surface area (Å²) in [6.07, 6.45) is 0.548. The van der Waals surface area contributed by atoms with E-state index in [-0.39, 0.29) is 34.7 Å². The molecule has 1 aromatic carbocycles. The van der Waals surface area contributed by atoms with Gasteiger partial charge in [-0.15, -0.1) is 0 Å². The summed E-state index contributed by atoms with van der Waals surface area (Å²) in [6, 6.07) is 6.77. The van der Waals surface area contributed by atoms with Gasteiger partial charge in [0.1, 0.15) is 0 Å². The van der Waals surface area contributed by atoms with Crippen LogP contribution in [0.15, 0.2) is 34.2 Å². The highest BCUT2D eigenvalue weighted by Crippen LogP contribution is 2.24. The molecule has 26 heavy (non-hydrogen) atoms. The topological polar surface area (TPSA) is 103 Å². The first kappa shape index (κ1) is 18.2. The molecular formula is C18H19N3O4S. The number of aromatic nitrogens is 2. The van der Waals surface area contributed by atoms with E-state index in [1.54, 1.807) is 38.1 Å². The maximum Gasteiger partial charge on any atom is 0.261 e. The third-order valence-electron chi connectivity index (χ3n) is 4.13. The normalized spacial score (nSPS) is 13.6. The molecule has 0 saturated heterocycles. The first-order valence-corrected chi connectivity index (χ1v) is 9.30. The Morgan fingerprint density at radius 3 is 2.31 bits per heavy atom. The highest BCUT2D eigenvalue weighted by atomic mass is 32.2. The number of rotatable bonds is 6. The zero-order valence-electron chi connectivity index (χ0n) is 14.5. The number of hydrogen-bond donors (Lipinski definition) is 2. The molecule has 8 heteroatoms. The van der Waals surface area contributed by atoms with E-state index in [1.807, 2.05) is 0 Å². The number of amides is 2. The van der Waals surface area contributed by atoms with E-state index in [4.69, 9.17) is 0 Å². The molecule has 2 N–H and O–H groups in total. The average Bonchev–Trinajstić information content (AvgIpc) is 2.82. The summed E-state index contributed by atoms with van der Waals surface area (Å²) in [6.45, 7) is 3.90. The predicted octanol–water partition coefficient (Wildman–Crippen LogP) is 2.38. The quantitative estimate of drug-likeness (QED) is 0.349. The van der Waals surface area contributed by atoms with Crippen molar-refractivity contribution in [1.82, 2.24) is 14.9 Å². The SMILES string of the molecule is CC(C)c1c(O)nc(SCCCN2C(=O)c3ccccc3C2=O)[nH]c1=O. The van der Waals surface area contributed by atoms with Crippen molar-refractivity contribution >= 4 is 23.6 Å². The largest absolute Gasteiger partial charge is 0.493 e. The molecule has 2 amide bonds. The van der Waals surface area contributed by atoms with Gasteiger partial charge in [0, 0.05) is 12.3 Å². The van der Waals surface area contributed by atoms with Crippen LogP contribution in [0.2, 0.25) is 0 Å². The van der Waals surface area contributed by atoms with Gasteiger partial charge in [0.15, 0.2) is 5.16 Å². The van der Waals surface area contributed by atoms with Gasteiger partial charge >= 0.3 is 0 Å². The number of imide groups is 1. The number of carbonyl (C=O) groups excluding carboxylic acids is 2. The van der Waals surface area contributed by atoms with Crippen LogP contribution in [-0.4, -0.2) is 44.1 Å². The number of carbonyl (C=O) groups is 2. The zero-order chi connectivity index (χ0) is 18.8. The summed E-state index contributed by atoms with van der Waals surface area (Å²) in [5, 5.41) is 10.2. The number of H-pyrrole nitrogens is 1. The van der Waals surface area contributed by atoms with E-state index < -0.39 is 0 Å². The summed E-state index contributed by atoms with van der Waals surface area (Å²) >= 11 is 1.26. The first-order valence-electron chi connectivity index (χ1n) is 8.31. The summed E-state index contributed by atoms with van der Waals surface area (Å²) < 4.78 is 0. The van der Waals surface area contributed by atoms with Gasteiger partial charge in [0.25, 0.3) is 17.4 Å². The van der Waals surface area contributed by atoms with Gasteiger partial charge in [-0.1, -0.05) is 37.7 Å². The van der Waals surface area contributed by atoms with Gasteiger partial charge < -0.3 is 10.1 Å². The van der Waals surface area contributed by atoms with Gasteiger partial charge in [-0.3, -0.25) is 19.3 Å². The summed E-state index contributed by atoms with van der Waals surface area (Å²) in [5.74, 6) is -0.399. The number of aromatic hydroxyl groups is 1. The first-order chi connectivity index (χ1) is 12.4. The van der Waals surface area contributed by atoms with Crippen molar-refractivity contribution < 1.29 is 14.7 Å². The number of benzene rings is 1. The predicted molar refractivity (Wildman–Crippen MR) is 97.8 cm³/mol. The van der Waals surface area contributed by atoms with Gasteiger partial charge in [-0.2, -0.15) is 4.98 Å².